The Morgan fingerprint density at radius 1 is 0.571 bits per heavy atom. The standard InChI is InChI=1S/C18H15N3/c19-17-9-5-15(6-10-17)13-1-3-14(4-2-13)16-7-11-18(21-20)12-8-16/h1-12,20H,19H2. The van der Waals surface area contributed by atoms with Crippen molar-refractivity contribution >= 4 is 11.4 Å². The second-order valence-corrected chi connectivity index (χ2v) is 4.86. The van der Waals surface area contributed by atoms with Gasteiger partial charge in [0.25, 0.3) is 0 Å². The van der Waals surface area contributed by atoms with Crippen LogP contribution in [0.3, 0.4) is 0 Å². The molecule has 3 nitrogen and oxygen atoms in total. The molecule has 3 rings (SSSR count). The monoisotopic (exact) mass is 273 g/mol. The van der Waals surface area contributed by atoms with Gasteiger partial charge in [-0.15, -0.1) is 0 Å². The van der Waals surface area contributed by atoms with E-state index in [9.17, 15) is 0 Å². The van der Waals surface area contributed by atoms with Crippen molar-refractivity contribution in [1.82, 2.24) is 0 Å². The molecule has 0 bridgehead atoms. The lowest BCUT2D eigenvalue weighted by Crippen LogP contribution is -1.84. The van der Waals surface area contributed by atoms with Crippen LogP contribution < -0.4 is 5.73 Å². The van der Waals surface area contributed by atoms with Gasteiger partial charge in [-0.05, 0) is 46.5 Å². The van der Waals surface area contributed by atoms with Crippen molar-refractivity contribution < 1.29 is 0 Å². The minimum atomic E-state index is 0.664. The van der Waals surface area contributed by atoms with E-state index in [1.807, 2.05) is 48.5 Å². The normalized spacial score (nSPS) is 10.3. The highest BCUT2D eigenvalue weighted by Gasteiger charge is 2.00. The summed E-state index contributed by atoms with van der Waals surface area (Å²) >= 11 is 0. The number of anilines is 1. The van der Waals surface area contributed by atoms with E-state index >= 15 is 0 Å². The van der Waals surface area contributed by atoms with Crippen LogP contribution in [0.4, 0.5) is 11.4 Å². The molecule has 3 heteroatoms. The molecule has 0 saturated carbocycles. The molecule has 0 radical (unpaired) electrons. The first kappa shape index (κ1) is 13.1. The first-order valence-corrected chi connectivity index (χ1v) is 6.70. The zero-order valence-electron chi connectivity index (χ0n) is 11.5. The Hall–Kier alpha value is -2.94. The zero-order valence-corrected chi connectivity index (χ0v) is 11.5. The molecule has 0 heterocycles. The van der Waals surface area contributed by atoms with E-state index in [2.05, 4.69) is 29.4 Å². The minimum absolute atomic E-state index is 0.664. The van der Waals surface area contributed by atoms with Crippen LogP contribution in [0.1, 0.15) is 0 Å². The zero-order chi connectivity index (χ0) is 14.7. The van der Waals surface area contributed by atoms with Crippen LogP contribution in [0.5, 0.6) is 0 Å². The van der Waals surface area contributed by atoms with Crippen LogP contribution in [0, 0.1) is 5.53 Å². The van der Waals surface area contributed by atoms with Crippen LogP contribution in [0.2, 0.25) is 0 Å². The van der Waals surface area contributed by atoms with E-state index in [-0.39, 0.29) is 0 Å². The molecule has 102 valence electrons. The van der Waals surface area contributed by atoms with Gasteiger partial charge in [0.2, 0.25) is 0 Å². The van der Waals surface area contributed by atoms with Gasteiger partial charge in [0, 0.05) is 5.69 Å². The van der Waals surface area contributed by atoms with Gasteiger partial charge in [0.15, 0.2) is 0 Å². The molecular formula is C18H15N3. The highest BCUT2D eigenvalue weighted by molar-refractivity contribution is 5.71. The summed E-state index contributed by atoms with van der Waals surface area (Å²) in [4.78, 5) is 0. The van der Waals surface area contributed by atoms with Crippen LogP contribution in [0.25, 0.3) is 22.3 Å². The maximum absolute atomic E-state index is 6.97. The number of nitrogen functional groups attached to an aromatic ring is 1. The number of hydrogen-bond donors (Lipinski definition) is 2. The Morgan fingerprint density at radius 2 is 0.905 bits per heavy atom. The third-order valence-corrected chi connectivity index (χ3v) is 3.46. The molecule has 0 fully saturated rings. The second kappa shape index (κ2) is 5.59. The summed E-state index contributed by atoms with van der Waals surface area (Å²) in [6.07, 6.45) is 0. The van der Waals surface area contributed by atoms with Crippen LogP contribution in [-0.2, 0) is 0 Å². The molecular weight excluding hydrogens is 258 g/mol. The average molecular weight is 273 g/mol. The quantitative estimate of drug-likeness (QED) is 0.496. The maximum Gasteiger partial charge on any atom is 0.0850 e. The van der Waals surface area contributed by atoms with Crippen LogP contribution in [0.15, 0.2) is 77.9 Å². The highest BCUT2D eigenvalue weighted by atomic mass is 14.9. The molecule has 0 spiro atoms. The van der Waals surface area contributed by atoms with Gasteiger partial charge < -0.3 is 5.73 Å². The lowest BCUT2D eigenvalue weighted by Gasteiger charge is -2.05. The molecule has 0 aliphatic carbocycles. The maximum atomic E-state index is 6.97. The Bertz CT molecular complexity index is 742. The molecule has 0 atom stereocenters. The second-order valence-electron chi connectivity index (χ2n) is 4.86. The summed E-state index contributed by atoms with van der Waals surface area (Å²) in [5.74, 6) is 0. The van der Waals surface area contributed by atoms with Crippen molar-refractivity contribution in [3.8, 4) is 22.3 Å². The lowest BCUT2D eigenvalue weighted by molar-refractivity contribution is 1.15. The first-order chi connectivity index (χ1) is 10.3. The third kappa shape index (κ3) is 2.82. The van der Waals surface area contributed by atoms with E-state index in [0.29, 0.717) is 5.69 Å². The predicted molar refractivity (Wildman–Crippen MR) is 86.5 cm³/mol. The fourth-order valence-corrected chi connectivity index (χ4v) is 2.26. The van der Waals surface area contributed by atoms with Crippen molar-refractivity contribution in [3.63, 3.8) is 0 Å². The molecule has 0 aliphatic heterocycles. The van der Waals surface area contributed by atoms with E-state index < -0.39 is 0 Å². The number of nitrogens with two attached hydrogens (primary N) is 1. The summed E-state index contributed by atoms with van der Waals surface area (Å²) in [5, 5.41) is 3.41. The molecule has 3 aromatic carbocycles. The van der Waals surface area contributed by atoms with Gasteiger partial charge >= 0.3 is 0 Å². The Kier molecular flexibility index (Phi) is 3.48. The molecule has 0 amide bonds. The van der Waals surface area contributed by atoms with E-state index in [1.165, 1.54) is 0 Å². The van der Waals surface area contributed by atoms with Crippen LogP contribution >= 0.6 is 0 Å². The van der Waals surface area contributed by atoms with Crippen molar-refractivity contribution in [2.75, 3.05) is 5.73 Å². The summed E-state index contributed by atoms with van der Waals surface area (Å²) in [5.41, 5.74) is 18.7. The SMILES string of the molecule is N=Nc1ccc(-c2ccc(-c3ccc(N)cc3)cc2)cc1. The Balaban J connectivity index is 1.89. The number of rotatable bonds is 3. The average Bonchev–Trinajstić information content (AvgIpc) is 2.56. The third-order valence-electron chi connectivity index (χ3n) is 3.46. The smallest absolute Gasteiger partial charge is 0.0850 e. The van der Waals surface area contributed by atoms with Gasteiger partial charge in [-0.2, -0.15) is 5.11 Å². The highest BCUT2D eigenvalue weighted by Crippen LogP contribution is 2.26. The molecule has 3 aromatic rings. The fourth-order valence-electron chi connectivity index (χ4n) is 2.26. The number of hydrogen-bond acceptors (Lipinski definition) is 3. The number of benzene rings is 3. The predicted octanol–water partition coefficient (Wildman–Crippen LogP) is 5.27. The van der Waals surface area contributed by atoms with Crippen molar-refractivity contribution in [2.24, 2.45) is 5.11 Å². The minimum Gasteiger partial charge on any atom is -0.399 e. The summed E-state index contributed by atoms with van der Waals surface area (Å²) < 4.78 is 0. The van der Waals surface area contributed by atoms with Crippen molar-refractivity contribution in [3.05, 3.63) is 72.8 Å². The van der Waals surface area contributed by atoms with E-state index in [1.54, 1.807) is 0 Å². The number of nitrogens with zero attached hydrogens (tertiary/aromatic N) is 1. The number of nitrogens with one attached hydrogen (secondary N) is 1. The molecule has 0 saturated heterocycles. The Labute approximate surface area is 123 Å². The van der Waals surface area contributed by atoms with Crippen molar-refractivity contribution in [1.29, 1.82) is 5.53 Å². The van der Waals surface area contributed by atoms with Gasteiger partial charge in [-0.3, -0.25) is 0 Å². The van der Waals surface area contributed by atoms with Gasteiger partial charge in [0.05, 0.1) is 5.69 Å². The van der Waals surface area contributed by atoms with Gasteiger partial charge in [0.1, 0.15) is 0 Å². The van der Waals surface area contributed by atoms with Gasteiger partial charge in [-0.25, -0.2) is 5.53 Å². The topological polar surface area (TPSA) is 62.2 Å². The first-order valence-electron chi connectivity index (χ1n) is 6.70. The van der Waals surface area contributed by atoms with Crippen LogP contribution in [-0.4, -0.2) is 0 Å². The summed E-state index contributed by atoms with van der Waals surface area (Å²) in [6, 6.07) is 23.9. The van der Waals surface area contributed by atoms with Gasteiger partial charge in [-0.1, -0.05) is 48.5 Å². The molecule has 0 aliphatic rings. The summed E-state index contributed by atoms with van der Waals surface area (Å²) in [7, 11) is 0. The largest absolute Gasteiger partial charge is 0.399 e. The van der Waals surface area contributed by atoms with E-state index in [4.69, 9.17) is 11.3 Å². The molecule has 21 heavy (non-hydrogen) atoms. The fraction of sp³-hybridized carbons (Fsp3) is 0. The summed E-state index contributed by atoms with van der Waals surface area (Å²) in [6.45, 7) is 0. The van der Waals surface area contributed by atoms with E-state index in [0.717, 1.165) is 27.9 Å². The molecule has 0 aromatic heterocycles. The van der Waals surface area contributed by atoms with Crippen molar-refractivity contribution in [2.45, 2.75) is 0 Å². The molecule has 0 unspecified atom stereocenters. The molecule has 3 N–H and O–H groups in total. The Morgan fingerprint density at radius 3 is 1.29 bits per heavy atom. The lowest BCUT2D eigenvalue weighted by atomic mass is 10.00.